The van der Waals surface area contributed by atoms with E-state index < -0.39 is 17.6 Å². The van der Waals surface area contributed by atoms with Gasteiger partial charge in [0.1, 0.15) is 12.7 Å². The van der Waals surface area contributed by atoms with Gasteiger partial charge in [-0.15, -0.1) is 0 Å². The highest BCUT2D eigenvalue weighted by molar-refractivity contribution is 5.92. The van der Waals surface area contributed by atoms with Crippen molar-refractivity contribution >= 4 is 17.8 Å². The summed E-state index contributed by atoms with van der Waals surface area (Å²) in [5, 5.41) is 6.38. The zero-order chi connectivity index (χ0) is 32.3. The lowest BCUT2D eigenvalue weighted by Crippen LogP contribution is -2.53. The number of hydrogen-bond donors (Lipinski definition) is 2. The second-order valence-corrected chi connectivity index (χ2v) is 13.5. The minimum absolute atomic E-state index is 0.0274. The van der Waals surface area contributed by atoms with Gasteiger partial charge in [0.25, 0.3) is 0 Å². The van der Waals surface area contributed by atoms with Crippen LogP contribution in [-0.2, 0) is 23.8 Å². The highest BCUT2D eigenvalue weighted by atomic mass is 16.6. The normalized spacial score (nSPS) is 19.6. The second kappa shape index (κ2) is 16.5. The minimum atomic E-state index is -0.710. The first-order valence-corrected chi connectivity index (χ1v) is 16.2. The van der Waals surface area contributed by atoms with Gasteiger partial charge in [0.15, 0.2) is 11.5 Å². The molecular formula is C34H54N2O8. The summed E-state index contributed by atoms with van der Waals surface area (Å²) in [5.41, 5.74) is 0.489. The van der Waals surface area contributed by atoms with Crippen LogP contribution in [0.25, 0.3) is 0 Å². The van der Waals surface area contributed by atoms with Gasteiger partial charge >= 0.3 is 11.9 Å². The molecule has 2 fully saturated rings. The van der Waals surface area contributed by atoms with Gasteiger partial charge in [-0.05, 0) is 69.6 Å². The maximum Gasteiger partial charge on any atom is 0.338 e. The molecule has 248 valence electrons. The number of rotatable bonds is 19. The van der Waals surface area contributed by atoms with Gasteiger partial charge in [0, 0.05) is 25.2 Å². The van der Waals surface area contributed by atoms with Crippen LogP contribution in [0.2, 0.25) is 0 Å². The van der Waals surface area contributed by atoms with Crippen LogP contribution in [-0.4, -0.2) is 75.6 Å². The van der Waals surface area contributed by atoms with Gasteiger partial charge in [-0.2, -0.15) is 0 Å². The molecule has 1 aliphatic heterocycles. The standard InChI is InChI=1S/C34H54N2O8/c1-8-10-13-41-28-16-23(3)26(17-29(28)42-14-11-9-2)31(38)43-21-25(44-32(39)27-18-33(27,4)5)19-36-34(6,7)22-35-30(37)24-12-15-40-20-24/h16-17,24-25,27,36H,8-15,18-22H2,1-7H3,(H,35,37). The van der Waals surface area contributed by atoms with Gasteiger partial charge in [0.2, 0.25) is 5.91 Å². The summed E-state index contributed by atoms with van der Waals surface area (Å²) < 4.78 is 28.9. The molecule has 3 atom stereocenters. The zero-order valence-electron chi connectivity index (χ0n) is 27.8. The first-order valence-electron chi connectivity index (χ1n) is 16.2. The number of aryl methyl sites for hydroxylation is 1. The summed E-state index contributed by atoms with van der Waals surface area (Å²) in [6.07, 6.45) is 4.57. The molecule has 44 heavy (non-hydrogen) atoms. The van der Waals surface area contributed by atoms with Gasteiger partial charge in [-0.1, -0.05) is 40.5 Å². The summed E-state index contributed by atoms with van der Waals surface area (Å²) in [6.45, 7) is 16.7. The first-order chi connectivity index (χ1) is 20.9. The maximum absolute atomic E-state index is 13.3. The van der Waals surface area contributed by atoms with Crippen LogP contribution in [0.1, 0.15) is 96.0 Å². The third kappa shape index (κ3) is 10.9. The molecule has 3 unspecified atom stereocenters. The summed E-state index contributed by atoms with van der Waals surface area (Å²) in [7, 11) is 0. The average Bonchev–Trinajstić information content (AvgIpc) is 3.32. The van der Waals surface area contributed by atoms with Gasteiger partial charge in [-0.3, -0.25) is 9.59 Å². The minimum Gasteiger partial charge on any atom is -0.490 e. The van der Waals surface area contributed by atoms with Crippen molar-refractivity contribution in [3.05, 3.63) is 23.3 Å². The van der Waals surface area contributed by atoms with Crippen molar-refractivity contribution < 1.29 is 38.1 Å². The molecule has 0 spiro atoms. The quantitative estimate of drug-likeness (QED) is 0.163. The SMILES string of the molecule is CCCCOc1cc(C)c(C(=O)OCC(CNC(C)(C)CNC(=O)C2CCOC2)OC(=O)C2CC2(C)C)cc1OCCCC. The lowest BCUT2D eigenvalue weighted by molar-refractivity contribution is -0.153. The Labute approximate surface area is 263 Å². The molecule has 10 nitrogen and oxygen atoms in total. The van der Waals surface area contributed by atoms with E-state index in [2.05, 4.69) is 24.5 Å². The van der Waals surface area contributed by atoms with E-state index >= 15 is 0 Å². The molecule has 0 bridgehead atoms. The summed E-state index contributed by atoms with van der Waals surface area (Å²) in [5.74, 6) is -0.0177. The van der Waals surface area contributed by atoms with Crippen LogP contribution in [0, 0.1) is 24.2 Å². The number of nitrogens with one attached hydrogen (secondary N) is 2. The number of hydrogen-bond acceptors (Lipinski definition) is 9. The van der Waals surface area contributed by atoms with Gasteiger partial charge in [-0.25, -0.2) is 4.79 Å². The van der Waals surface area contributed by atoms with Crippen molar-refractivity contribution in [2.75, 3.05) is 46.1 Å². The van der Waals surface area contributed by atoms with Crippen LogP contribution < -0.4 is 20.1 Å². The van der Waals surface area contributed by atoms with Crippen LogP contribution in [0.3, 0.4) is 0 Å². The Morgan fingerprint density at radius 1 is 1.07 bits per heavy atom. The molecule has 1 aromatic rings. The molecule has 1 heterocycles. The number of carbonyl (C=O) groups is 3. The predicted octanol–water partition coefficient (Wildman–Crippen LogP) is 4.99. The van der Waals surface area contributed by atoms with Crippen molar-refractivity contribution in [2.45, 2.75) is 98.6 Å². The van der Waals surface area contributed by atoms with E-state index in [1.165, 1.54) is 0 Å². The van der Waals surface area contributed by atoms with Crippen LogP contribution >= 0.6 is 0 Å². The van der Waals surface area contributed by atoms with Gasteiger partial charge < -0.3 is 34.3 Å². The molecule has 1 amide bonds. The van der Waals surface area contributed by atoms with Crippen LogP contribution in [0.15, 0.2) is 12.1 Å². The largest absolute Gasteiger partial charge is 0.490 e. The smallest absolute Gasteiger partial charge is 0.338 e. The van der Waals surface area contributed by atoms with Crippen molar-refractivity contribution in [3.8, 4) is 11.5 Å². The zero-order valence-corrected chi connectivity index (χ0v) is 27.8. The Morgan fingerprint density at radius 3 is 2.27 bits per heavy atom. The number of amides is 1. The fraction of sp³-hybridized carbons (Fsp3) is 0.735. The van der Waals surface area contributed by atoms with Gasteiger partial charge in [0.05, 0.1) is 37.2 Å². The van der Waals surface area contributed by atoms with E-state index in [4.69, 9.17) is 23.7 Å². The van der Waals surface area contributed by atoms with E-state index in [1.807, 2.05) is 40.7 Å². The molecule has 2 N–H and O–H groups in total. The Morgan fingerprint density at radius 2 is 1.70 bits per heavy atom. The summed E-state index contributed by atoms with van der Waals surface area (Å²) in [4.78, 5) is 38.7. The third-order valence-corrected chi connectivity index (χ3v) is 8.32. The van der Waals surface area contributed by atoms with Crippen molar-refractivity contribution in [1.29, 1.82) is 0 Å². The first kappa shape index (κ1) is 35.6. The number of unbranched alkanes of at least 4 members (excludes halogenated alkanes) is 2. The fourth-order valence-electron chi connectivity index (χ4n) is 4.90. The molecule has 1 aliphatic carbocycles. The lowest BCUT2D eigenvalue weighted by Gasteiger charge is -2.29. The van der Waals surface area contributed by atoms with E-state index in [9.17, 15) is 14.4 Å². The predicted molar refractivity (Wildman–Crippen MR) is 168 cm³/mol. The highest BCUT2D eigenvalue weighted by Gasteiger charge is 2.52. The Balaban J connectivity index is 1.65. The maximum atomic E-state index is 13.3. The number of ether oxygens (including phenoxy) is 5. The summed E-state index contributed by atoms with van der Waals surface area (Å²) in [6, 6.07) is 3.50. The molecule has 1 saturated carbocycles. The van der Waals surface area contributed by atoms with E-state index in [0.717, 1.165) is 38.5 Å². The molecule has 2 aliphatic rings. The van der Waals surface area contributed by atoms with Crippen molar-refractivity contribution in [3.63, 3.8) is 0 Å². The van der Waals surface area contributed by atoms with Crippen molar-refractivity contribution in [1.82, 2.24) is 10.6 Å². The topological polar surface area (TPSA) is 121 Å². The molecule has 1 aromatic carbocycles. The third-order valence-electron chi connectivity index (χ3n) is 8.32. The molecule has 0 aromatic heterocycles. The van der Waals surface area contributed by atoms with E-state index in [1.54, 1.807) is 6.07 Å². The van der Waals surface area contributed by atoms with Crippen molar-refractivity contribution in [2.24, 2.45) is 17.3 Å². The lowest BCUT2D eigenvalue weighted by atomic mass is 10.0. The Bertz CT molecular complexity index is 1110. The van der Waals surface area contributed by atoms with E-state index in [-0.39, 0.29) is 42.3 Å². The number of benzene rings is 1. The number of carbonyl (C=O) groups excluding carboxylic acids is 3. The number of esters is 2. The van der Waals surface area contributed by atoms with E-state index in [0.29, 0.717) is 55.6 Å². The molecule has 10 heteroatoms. The Hall–Kier alpha value is -2.85. The Kier molecular flexibility index (Phi) is 13.3. The highest BCUT2D eigenvalue weighted by Crippen LogP contribution is 2.52. The monoisotopic (exact) mass is 618 g/mol. The average molecular weight is 619 g/mol. The molecule has 3 rings (SSSR count). The molecule has 1 saturated heterocycles. The fourth-order valence-corrected chi connectivity index (χ4v) is 4.90. The second-order valence-electron chi connectivity index (χ2n) is 13.5. The molecule has 0 radical (unpaired) electrons. The van der Waals surface area contributed by atoms with Crippen LogP contribution in [0.4, 0.5) is 0 Å². The summed E-state index contributed by atoms with van der Waals surface area (Å²) >= 11 is 0. The molecular weight excluding hydrogens is 564 g/mol. The van der Waals surface area contributed by atoms with Crippen LogP contribution in [0.5, 0.6) is 11.5 Å².